The first-order chi connectivity index (χ1) is 24.3. The topological polar surface area (TPSA) is 103 Å². The molecule has 2 aromatic rings. The lowest BCUT2D eigenvalue weighted by molar-refractivity contribution is -0.176. The molecule has 6 saturated carbocycles. The number of amides is 2. The van der Waals surface area contributed by atoms with E-state index < -0.39 is 27.9 Å². The maximum atomic E-state index is 14.6. The van der Waals surface area contributed by atoms with Gasteiger partial charge in [0.25, 0.3) is 0 Å². The molecule has 2 amide bonds. The Morgan fingerprint density at radius 3 is 2.37 bits per heavy atom. The van der Waals surface area contributed by atoms with Crippen LogP contribution in [0.2, 0.25) is 0 Å². The molecule has 11 rings (SSSR count). The van der Waals surface area contributed by atoms with Crippen molar-refractivity contribution in [2.75, 3.05) is 18.4 Å². The van der Waals surface area contributed by atoms with Gasteiger partial charge in [0.2, 0.25) is 5.78 Å². The van der Waals surface area contributed by atoms with Gasteiger partial charge in [0.15, 0.2) is 5.76 Å². The zero-order valence-electron chi connectivity index (χ0n) is 30.9. The summed E-state index contributed by atoms with van der Waals surface area (Å²) in [4.78, 5) is 30.9. The van der Waals surface area contributed by atoms with Crippen molar-refractivity contribution in [3.8, 4) is 0 Å². The van der Waals surface area contributed by atoms with Gasteiger partial charge in [-0.15, -0.1) is 0 Å². The highest BCUT2D eigenvalue weighted by molar-refractivity contribution is 6.08. The highest BCUT2D eigenvalue weighted by Crippen LogP contribution is 2.78. The van der Waals surface area contributed by atoms with Gasteiger partial charge in [0.05, 0.1) is 24.5 Å². The molecule has 4 bridgehead atoms. The second-order valence-corrected chi connectivity index (χ2v) is 19.0. The summed E-state index contributed by atoms with van der Waals surface area (Å²) in [5.41, 5.74) is -0.870. The average Bonchev–Trinajstić information content (AvgIpc) is 3.74. The van der Waals surface area contributed by atoms with Crippen molar-refractivity contribution in [2.45, 2.75) is 104 Å². The fourth-order valence-corrected chi connectivity index (χ4v) is 13.9. The normalized spacial score (nSPS) is 44.0. The zero-order valence-corrected chi connectivity index (χ0v) is 30.9. The standard InChI is InChI=1S/C44H56N2O5/c1-39(2)29-13-12-28(32(39)23-29)26-46(38(49)45-30-9-6-5-7-10-30)27-43(50)19-16-36-41(43,4)18-15-35-40(3)17-14-31(47)24-42(40)20-21-44(35,36)33(25-42)37(48)34-11-8-22-51-34/h5-11,20-22,25,28-29,31-32,35-36,47,50H,12-19,23-24,26-27H2,1-4H3,(H,45,49)/t28-,29-,31?,32-,35+,36+,40+,41-,42-,43+,44+/m0/s1. The number of hydrogen-bond acceptors (Lipinski definition) is 5. The van der Waals surface area contributed by atoms with E-state index >= 15 is 0 Å². The number of rotatable bonds is 7. The Balaban J connectivity index is 1.09. The first kappa shape index (κ1) is 33.7. The van der Waals surface area contributed by atoms with Crippen LogP contribution >= 0.6 is 0 Å². The molecule has 7 heteroatoms. The summed E-state index contributed by atoms with van der Waals surface area (Å²) in [5, 5.41) is 27.4. The number of nitrogens with zero attached hydrogens (tertiary/aromatic N) is 1. The minimum absolute atomic E-state index is 0.0113. The van der Waals surface area contributed by atoms with Gasteiger partial charge in [-0.1, -0.05) is 64.1 Å². The van der Waals surface area contributed by atoms with E-state index in [4.69, 9.17) is 4.42 Å². The highest BCUT2D eigenvalue weighted by Gasteiger charge is 2.74. The number of Topliss-reactive ketones (excluding diaryl/α,β-unsaturated/α-hetero) is 1. The number of aliphatic hydroxyl groups is 2. The third-order valence-corrected chi connectivity index (χ3v) is 16.9. The predicted octanol–water partition coefficient (Wildman–Crippen LogP) is 8.66. The van der Waals surface area contributed by atoms with E-state index in [1.807, 2.05) is 35.2 Å². The first-order valence-corrected chi connectivity index (χ1v) is 19.8. The largest absolute Gasteiger partial charge is 0.461 e. The molecule has 2 spiro atoms. The van der Waals surface area contributed by atoms with Crippen LogP contribution in [0.25, 0.3) is 0 Å². The Morgan fingerprint density at radius 1 is 0.902 bits per heavy atom. The van der Waals surface area contributed by atoms with Crippen LogP contribution in [0.15, 0.2) is 76.9 Å². The Kier molecular flexibility index (Phi) is 7.38. The molecular formula is C44H56N2O5. The van der Waals surface area contributed by atoms with Crippen molar-refractivity contribution >= 4 is 17.5 Å². The molecule has 0 aliphatic heterocycles. The number of hydrogen-bond donors (Lipinski definition) is 3. The lowest BCUT2D eigenvalue weighted by Crippen LogP contribution is -2.67. The maximum absolute atomic E-state index is 14.6. The molecular weight excluding hydrogens is 636 g/mol. The van der Waals surface area contributed by atoms with E-state index in [1.165, 1.54) is 12.8 Å². The molecule has 51 heavy (non-hydrogen) atoms. The number of carbonyl (C=O) groups excluding carboxylic acids is 2. The SMILES string of the molecule is CC1(C)[C@H]2CC[C@@H](CN(C[C@]3(O)CC[C@H]4[C@]56C=C[C@@]7(C=C5C(=O)c5ccco5)CC(O)CC[C@]7(C)[C@H]6CC[C@@]43C)C(=O)Nc3ccccc3)[C@@H]1C2. The third-order valence-electron chi connectivity index (χ3n) is 16.9. The second-order valence-electron chi connectivity index (χ2n) is 19.0. The van der Waals surface area contributed by atoms with Crippen LogP contribution in [-0.4, -0.2) is 51.7 Å². The summed E-state index contributed by atoms with van der Waals surface area (Å²) < 4.78 is 5.75. The zero-order chi connectivity index (χ0) is 35.6. The fraction of sp³-hybridized carbons (Fsp3) is 0.636. The summed E-state index contributed by atoms with van der Waals surface area (Å²) in [5.74, 6) is 2.26. The minimum Gasteiger partial charge on any atom is -0.461 e. The van der Waals surface area contributed by atoms with Crippen molar-refractivity contribution in [1.29, 1.82) is 0 Å². The first-order valence-electron chi connectivity index (χ1n) is 19.8. The molecule has 9 aliphatic carbocycles. The number of furan rings is 1. The Hall–Kier alpha value is -3.16. The quantitative estimate of drug-likeness (QED) is 0.199. The summed E-state index contributed by atoms with van der Waals surface area (Å²) in [6.07, 6.45) is 17.0. The van der Waals surface area contributed by atoms with E-state index in [0.717, 1.165) is 55.7 Å². The molecule has 1 aromatic carbocycles. The van der Waals surface area contributed by atoms with Gasteiger partial charge in [-0.3, -0.25) is 4.79 Å². The third kappa shape index (κ3) is 4.49. The van der Waals surface area contributed by atoms with Crippen LogP contribution in [0, 0.1) is 56.7 Å². The van der Waals surface area contributed by atoms with Crippen LogP contribution < -0.4 is 5.32 Å². The van der Waals surface area contributed by atoms with Crippen molar-refractivity contribution in [2.24, 2.45) is 56.7 Å². The van der Waals surface area contributed by atoms with E-state index in [1.54, 1.807) is 18.4 Å². The van der Waals surface area contributed by atoms with Crippen molar-refractivity contribution in [3.63, 3.8) is 0 Å². The molecule has 1 heterocycles. The molecule has 6 fully saturated rings. The van der Waals surface area contributed by atoms with Gasteiger partial charge in [0.1, 0.15) is 0 Å². The molecule has 1 unspecified atom stereocenters. The van der Waals surface area contributed by atoms with Gasteiger partial charge >= 0.3 is 6.03 Å². The molecule has 0 radical (unpaired) electrons. The number of ketones is 1. The number of anilines is 1. The van der Waals surface area contributed by atoms with Crippen LogP contribution in [0.1, 0.15) is 102 Å². The molecule has 3 N–H and O–H groups in total. The fourth-order valence-electron chi connectivity index (χ4n) is 13.9. The number of benzene rings is 1. The monoisotopic (exact) mass is 692 g/mol. The van der Waals surface area contributed by atoms with Gasteiger partial charge in [-0.25, -0.2) is 4.79 Å². The second kappa shape index (κ2) is 11.2. The lowest BCUT2D eigenvalue weighted by atomic mass is 9.32. The van der Waals surface area contributed by atoms with E-state index in [2.05, 4.69) is 51.2 Å². The number of allylic oxidation sites excluding steroid dienone is 4. The smallest absolute Gasteiger partial charge is 0.321 e. The van der Waals surface area contributed by atoms with Gasteiger partial charge in [-0.2, -0.15) is 0 Å². The Labute approximate surface area is 302 Å². The number of urea groups is 1. The summed E-state index contributed by atoms with van der Waals surface area (Å²) in [6, 6.07) is 13.1. The van der Waals surface area contributed by atoms with Crippen LogP contribution in [0.4, 0.5) is 10.5 Å². The van der Waals surface area contributed by atoms with Crippen LogP contribution in [0.5, 0.6) is 0 Å². The average molecular weight is 693 g/mol. The minimum atomic E-state index is -1.12. The number of para-hydroxylation sites is 1. The number of fused-ring (bicyclic) bond motifs is 3. The molecule has 9 aliphatic rings. The predicted molar refractivity (Wildman–Crippen MR) is 197 cm³/mol. The van der Waals surface area contributed by atoms with E-state index in [-0.39, 0.29) is 35.6 Å². The number of nitrogens with one attached hydrogen (secondary N) is 1. The van der Waals surface area contributed by atoms with Gasteiger partial charge in [-0.05, 0) is 129 Å². The Morgan fingerprint density at radius 2 is 1.65 bits per heavy atom. The van der Waals surface area contributed by atoms with E-state index in [9.17, 15) is 19.8 Å². The maximum Gasteiger partial charge on any atom is 0.321 e. The molecule has 11 atom stereocenters. The molecule has 272 valence electrons. The lowest BCUT2D eigenvalue weighted by Gasteiger charge is -2.71. The van der Waals surface area contributed by atoms with Crippen LogP contribution in [-0.2, 0) is 0 Å². The van der Waals surface area contributed by atoms with Crippen molar-refractivity contribution in [1.82, 2.24) is 4.90 Å². The van der Waals surface area contributed by atoms with E-state index in [0.29, 0.717) is 42.4 Å². The number of carbonyl (C=O) groups is 2. The summed E-state index contributed by atoms with van der Waals surface area (Å²) in [7, 11) is 0. The molecule has 0 saturated heterocycles. The number of aliphatic hydroxyl groups excluding tert-OH is 1. The van der Waals surface area contributed by atoms with Gasteiger partial charge < -0.3 is 24.8 Å². The van der Waals surface area contributed by atoms with Gasteiger partial charge in [0, 0.05) is 34.1 Å². The molecule has 7 nitrogen and oxygen atoms in total. The summed E-state index contributed by atoms with van der Waals surface area (Å²) >= 11 is 0. The van der Waals surface area contributed by atoms with Crippen LogP contribution in [0.3, 0.4) is 0 Å². The van der Waals surface area contributed by atoms with Crippen molar-refractivity contribution < 1.29 is 24.2 Å². The molecule has 1 aromatic heterocycles. The highest BCUT2D eigenvalue weighted by atomic mass is 16.3. The Bertz CT molecular complexity index is 1780. The summed E-state index contributed by atoms with van der Waals surface area (Å²) in [6.45, 7) is 10.4. The van der Waals surface area contributed by atoms with Crippen molar-refractivity contribution in [3.05, 3.63) is 78.3 Å².